The lowest BCUT2D eigenvalue weighted by atomic mass is 8.28. The fourth-order valence-corrected chi connectivity index (χ4v) is 13.6. The second-order valence-electron chi connectivity index (χ2n) is 21.6. The molecule has 0 bridgehead atoms. The molecule has 0 aliphatic carbocycles. The quantitative estimate of drug-likeness (QED) is 0.0547. The summed E-state index contributed by atoms with van der Waals surface area (Å²) in [6, 6.07) is 0. The summed E-state index contributed by atoms with van der Waals surface area (Å²) in [5.41, 5.74) is -1.84. The van der Waals surface area contributed by atoms with Gasteiger partial charge in [0.1, 0.15) is 0 Å². The van der Waals surface area contributed by atoms with Gasteiger partial charge in [0.25, 0.3) is 0 Å². The molecule has 0 spiro atoms. The summed E-state index contributed by atoms with van der Waals surface area (Å²) in [4.78, 5) is 0. The molecule has 0 N–H and O–H groups in total. The van der Waals surface area contributed by atoms with Crippen molar-refractivity contribution in [3.05, 3.63) is 0 Å². The van der Waals surface area contributed by atoms with Gasteiger partial charge in [-0.15, -0.1) is 5.62 Å². The molecule has 0 aliphatic heterocycles. The van der Waals surface area contributed by atoms with Crippen molar-refractivity contribution in [1.29, 1.82) is 0 Å². The Morgan fingerprint density at radius 1 is 0.156 bits per heavy atom. The van der Waals surface area contributed by atoms with E-state index in [1.165, 1.54) is 0 Å². The molecule has 1 atom stereocenters. The third kappa shape index (κ3) is 22.1. The van der Waals surface area contributed by atoms with Gasteiger partial charge in [-0.1, -0.05) is 0 Å². The average molecular weight is 835 g/mol. The van der Waals surface area contributed by atoms with Gasteiger partial charge in [-0.2, -0.15) is 0 Å². The predicted molar refractivity (Wildman–Crippen MR) is 441 cm³/mol. The van der Waals surface area contributed by atoms with Crippen molar-refractivity contribution >= 4 is 539 Å². The lowest BCUT2D eigenvalue weighted by Crippen LogP contribution is -2.94. The molecule has 233 valence electrons. The maximum atomic E-state index is 6.88. The zero-order valence-electron chi connectivity index (χ0n) is 44.5. The van der Waals surface area contributed by atoms with E-state index in [1.807, 2.05) is 0 Å². The standard InChI is InChI=1S/CHB76/c2-41-64(45(3)4)67(71(50(13)14)51(15)16)43(68(72(52(17)18)53(19)20)73(54(21)22)55(23)24)1(42(65(46(5)6)47(7)8)66(48(9)10)49(11)12)44(69(74(56(25)26)57(27)28)75(58(29)30)59(31)32)70(76(60(33)34)61(35)36)77(62(37)38)63(39)40/h1H. The molecule has 0 nitrogen and oxygen atoms in total. The van der Waals surface area contributed by atoms with E-state index in [1.54, 1.807) is 0 Å². The normalized spacial score (nSPS) is 10.2. The van der Waals surface area contributed by atoms with Crippen molar-refractivity contribution in [2.75, 3.05) is 0 Å². The summed E-state index contributed by atoms with van der Waals surface area (Å²) in [5, 5.41) is 0. The molecule has 79 radical (unpaired) electrons. The predicted octanol–water partition coefficient (Wildman–Crippen LogP) is -28.6. The monoisotopic (exact) mass is 850 g/mol. The highest BCUT2D eigenvalue weighted by Gasteiger charge is 2.65. The Kier molecular flexibility index (Phi) is 40.2. The van der Waals surface area contributed by atoms with Gasteiger partial charge in [0.2, 0.25) is 0 Å². The first-order valence-electron chi connectivity index (χ1n) is 25.3. The van der Waals surface area contributed by atoms with E-state index in [0.717, 1.165) is 7.06 Å². The van der Waals surface area contributed by atoms with E-state index in [0.29, 0.717) is 0 Å². The van der Waals surface area contributed by atoms with Crippen LogP contribution in [0.2, 0.25) is 5.62 Å². The third-order valence-corrected chi connectivity index (χ3v) is 16.2. The second-order valence-corrected chi connectivity index (χ2v) is 21.6. The molecule has 0 amide bonds. The van der Waals surface area contributed by atoms with Gasteiger partial charge in [0.05, 0.1) is 0 Å². The highest BCUT2D eigenvalue weighted by atomic mass is 13.7. The van der Waals surface area contributed by atoms with Crippen LogP contribution in [0.25, 0.3) is 0 Å². The molecule has 0 heterocycles. The first-order chi connectivity index (χ1) is 35.1. The van der Waals surface area contributed by atoms with Crippen LogP contribution in [0, 0.1) is 0 Å². The average Bonchev–Trinajstić information content (AvgIpc) is 3.20. The summed E-state index contributed by atoms with van der Waals surface area (Å²) in [7, 11) is 267. The molecule has 0 aromatic carbocycles. The molecule has 0 aromatic heterocycles. The van der Waals surface area contributed by atoms with E-state index >= 15 is 0 Å². The first-order valence-corrected chi connectivity index (χ1v) is 25.3. The molecule has 0 saturated heterocycles. The van der Waals surface area contributed by atoms with Gasteiger partial charge >= 0.3 is 0 Å². The fourth-order valence-electron chi connectivity index (χ4n) is 13.6. The molecule has 0 fully saturated rings. The smallest absolute Gasteiger partial charge is 0.0294 e. The van der Waals surface area contributed by atoms with E-state index in [9.17, 15) is 0 Å². The van der Waals surface area contributed by atoms with E-state index in [4.69, 9.17) is 302 Å². The highest BCUT2D eigenvalue weighted by Crippen LogP contribution is 2.35. The van der Waals surface area contributed by atoms with Crippen LogP contribution in [0.3, 0.4) is 0 Å². The van der Waals surface area contributed by atoms with Crippen LogP contribution in [0.5, 0.6) is 0 Å². The molecule has 77 heavy (non-hydrogen) atoms. The minimum absolute atomic E-state index is 1.10. The summed E-state index contributed by atoms with van der Waals surface area (Å²) in [6.07, 6.45) is -53.0. The molecular formula is CHB76. The Morgan fingerprint density at radius 2 is 0.286 bits per heavy atom. The Balaban J connectivity index is 12.4. The van der Waals surface area contributed by atoms with Gasteiger partial charge in [-0.25, -0.2) is 0 Å². The van der Waals surface area contributed by atoms with E-state index in [2.05, 4.69) is 0 Å². The van der Waals surface area contributed by atoms with Gasteiger partial charge in [-0.3, -0.25) is 0 Å². The Bertz CT molecular complexity index is 1300. The molecule has 0 saturated carbocycles. The van der Waals surface area contributed by atoms with Gasteiger partial charge < -0.3 is 0 Å². The molecule has 0 aromatic rings. The van der Waals surface area contributed by atoms with Gasteiger partial charge in [0.15, 0.2) is 0 Å². The maximum Gasteiger partial charge on any atom is 0.0294 e. The van der Waals surface area contributed by atoms with Crippen molar-refractivity contribution in [3.8, 4) is 0 Å². The van der Waals surface area contributed by atoms with Crippen LogP contribution >= 0.6 is 0 Å². The summed E-state index contributed by atoms with van der Waals surface area (Å²) in [6.45, 7) is -5.28. The van der Waals surface area contributed by atoms with Crippen molar-refractivity contribution in [2.45, 2.75) is 5.62 Å². The first kappa shape index (κ1) is 81.9. The zero-order valence-corrected chi connectivity index (χ0v) is 44.5. The summed E-state index contributed by atoms with van der Waals surface area (Å²) in [5.74, 6) is 0. The Labute approximate surface area is 539 Å². The third-order valence-electron chi connectivity index (χ3n) is 16.2. The molecule has 76 heteroatoms. The molecule has 1 unspecified atom stereocenters. The van der Waals surface area contributed by atoms with E-state index < -0.39 is 236 Å². The highest BCUT2D eigenvalue weighted by molar-refractivity contribution is 8.29. The topological polar surface area (TPSA) is 0 Å². The SMILES string of the molecule is [B][B]B(B([B])[B])B(B(B([B])[B])B([B])[B])B(B(B(B([B])[B])B([B])[B])B(B([B])[B])B([B])[B])C(B(B(B([B])[B])B([B])[B])B(B([B])[B])B([B])[B])B(B(B(B([B])[B])B([B])[B])B(B([B])[B])B([B])[B])B(B(B([B])[B])B([B])[B])B(B([B])[B])B([B])[B]. The van der Waals surface area contributed by atoms with Crippen LogP contribution in [-0.4, -0.2) is 539 Å². The largest absolute Gasteiger partial charge is 0.146 e. The van der Waals surface area contributed by atoms with Crippen molar-refractivity contribution in [3.63, 3.8) is 0 Å². The Morgan fingerprint density at radius 3 is 0.416 bits per heavy atom. The number of hydrogen-bond donors (Lipinski definition) is 0. The Hall–Kier alpha value is 4.94. The van der Waals surface area contributed by atoms with Gasteiger partial charge in [-0.05, 0) is 0 Å². The van der Waals surface area contributed by atoms with Crippen LogP contribution < -0.4 is 0 Å². The molecule has 0 rings (SSSR count). The summed E-state index contributed by atoms with van der Waals surface area (Å²) >= 11 is 0. The van der Waals surface area contributed by atoms with E-state index in [-0.39, 0.29) is 0 Å². The number of rotatable bonds is 37. The lowest BCUT2D eigenvalue weighted by molar-refractivity contribution is 1.80. The molecular weight excluding hydrogens is 834 g/mol. The van der Waals surface area contributed by atoms with Crippen LogP contribution in [0.1, 0.15) is 0 Å². The van der Waals surface area contributed by atoms with Crippen LogP contribution in [-0.2, 0) is 0 Å². The van der Waals surface area contributed by atoms with Crippen molar-refractivity contribution < 1.29 is 0 Å². The summed E-state index contributed by atoms with van der Waals surface area (Å²) < 4.78 is 0. The zero-order chi connectivity index (χ0) is 61.1. The minimum Gasteiger partial charge on any atom is -0.146 e. The lowest BCUT2D eigenvalue weighted by Gasteiger charge is -2.62. The minimum atomic E-state index is -1.84. The fraction of sp³-hybridized carbons (Fsp3) is 1.00. The van der Waals surface area contributed by atoms with Gasteiger partial charge in [0, 0.05) is 539 Å². The van der Waals surface area contributed by atoms with Crippen molar-refractivity contribution in [1.82, 2.24) is 0 Å². The second kappa shape index (κ2) is 37.8. The number of hydrogen-bond acceptors (Lipinski definition) is 0. The van der Waals surface area contributed by atoms with Crippen molar-refractivity contribution in [2.24, 2.45) is 0 Å². The maximum absolute atomic E-state index is 6.88. The van der Waals surface area contributed by atoms with Crippen LogP contribution in [0.15, 0.2) is 0 Å². The molecule has 0 aliphatic rings. The van der Waals surface area contributed by atoms with Crippen LogP contribution in [0.4, 0.5) is 0 Å².